The van der Waals surface area contributed by atoms with Crippen molar-refractivity contribution in [2.24, 2.45) is 0 Å². The number of unbranched alkanes of at least 4 members (excludes halogenated alkanes) is 1. The third-order valence-electron chi connectivity index (χ3n) is 8.29. The summed E-state index contributed by atoms with van der Waals surface area (Å²) in [5.74, 6) is 1.07. The summed E-state index contributed by atoms with van der Waals surface area (Å²) in [7, 11) is 0. The molecule has 0 spiro atoms. The number of pyridine rings is 1. The van der Waals surface area contributed by atoms with E-state index in [-0.39, 0.29) is 17.5 Å². The first-order chi connectivity index (χ1) is 19.4. The van der Waals surface area contributed by atoms with Crippen molar-refractivity contribution in [3.8, 4) is 5.75 Å². The summed E-state index contributed by atoms with van der Waals surface area (Å²) in [6.45, 7) is 11.4. The van der Waals surface area contributed by atoms with Crippen LogP contribution in [0.1, 0.15) is 79.9 Å². The Morgan fingerprint density at radius 1 is 1.10 bits per heavy atom. The molecular formula is C33H43N3O3S. The van der Waals surface area contributed by atoms with Crippen molar-refractivity contribution in [2.45, 2.75) is 76.7 Å². The lowest BCUT2D eigenvalue weighted by Crippen LogP contribution is -2.65. The largest absolute Gasteiger partial charge is 0.485 e. The summed E-state index contributed by atoms with van der Waals surface area (Å²) in [5, 5.41) is 2.13. The fraction of sp³-hybridized carbons (Fsp3) is 0.515. The normalized spacial score (nSPS) is 22.6. The minimum absolute atomic E-state index is 0.107. The SMILES string of the molecule is CCCC[C@H](Oc1cccc(CN2CCN([C@]3(C(=O)c4ccccn4)CCOC(C)(C)C3)CC2)c1)c1cccs1. The molecule has 0 bridgehead atoms. The summed E-state index contributed by atoms with van der Waals surface area (Å²) >= 11 is 1.77. The fourth-order valence-electron chi connectivity index (χ4n) is 6.28. The summed E-state index contributed by atoms with van der Waals surface area (Å²) in [6, 6.07) is 18.5. The number of ketones is 1. The molecule has 3 aromatic rings. The minimum Gasteiger partial charge on any atom is -0.485 e. The van der Waals surface area contributed by atoms with Gasteiger partial charge in [0.25, 0.3) is 0 Å². The number of ether oxygens (including phenoxy) is 2. The molecule has 0 N–H and O–H groups in total. The van der Waals surface area contributed by atoms with Crippen molar-refractivity contribution >= 4 is 17.1 Å². The number of benzene rings is 1. The Kier molecular flexibility index (Phi) is 9.36. The van der Waals surface area contributed by atoms with Crippen molar-refractivity contribution < 1.29 is 14.3 Å². The maximum absolute atomic E-state index is 14.0. The van der Waals surface area contributed by atoms with Crippen LogP contribution in [0.25, 0.3) is 0 Å². The number of carbonyl (C=O) groups excluding carboxylic acids is 1. The van der Waals surface area contributed by atoms with E-state index in [2.05, 4.69) is 77.3 Å². The monoisotopic (exact) mass is 561 g/mol. The van der Waals surface area contributed by atoms with E-state index in [1.54, 1.807) is 17.5 Å². The van der Waals surface area contributed by atoms with Crippen LogP contribution in [-0.4, -0.2) is 64.5 Å². The highest BCUT2D eigenvalue weighted by Crippen LogP contribution is 2.39. The average molecular weight is 562 g/mol. The van der Waals surface area contributed by atoms with Crippen molar-refractivity contribution in [1.29, 1.82) is 0 Å². The van der Waals surface area contributed by atoms with Crippen LogP contribution in [-0.2, 0) is 11.3 Å². The lowest BCUT2D eigenvalue weighted by Gasteiger charge is -2.52. The first-order valence-electron chi connectivity index (χ1n) is 14.7. The highest BCUT2D eigenvalue weighted by molar-refractivity contribution is 7.10. The number of hydrogen-bond acceptors (Lipinski definition) is 7. The first-order valence-corrected chi connectivity index (χ1v) is 15.6. The topological polar surface area (TPSA) is 54.9 Å². The third-order valence-corrected chi connectivity index (χ3v) is 9.25. The van der Waals surface area contributed by atoms with Crippen LogP contribution in [0.15, 0.2) is 66.2 Å². The van der Waals surface area contributed by atoms with Crippen LogP contribution in [0.3, 0.4) is 0 Å². The molecule has 0 aliphatic carbocycles. The molecule has 4 heterocycles. The molecule has 2 aromatic heterocycles. The van der Waals surface area contributed by atoms with Gasteiger partial charge in [0.2, 0.25) is 5.78 Å². The van der Waals surface area contributed by atoms with Gasteiger partial charge in [0, 0.05) is 56.8 Å². The maximum Gasteiger partial charge on any atom is 0.201 e. The van der Waals surface area contributed by atoms with Crippen molar-refractivity contribution in [3.05, 3.63) is 82.3 Å². The first kappa shape index (κ1) is 28.9. The quantitative estimate of drug-likeness (QED) is 0.241. The average Bonchev–Trinajstić information content (AvgIpc) is 3.50. The molecule has 0 amide bonds. The predicted octanol–water partition coefficient (Wildman–Crippen LogP) is 6.78. The summed E-state index contributed by atoms with van der Waals surface area (Å²) in [6.07, 6.45) is 6.55. The van der Waals surface area contributed by atoms with Gasteiger partial charge in [-0.05, 0) is 74.4 Å². The molecule has 6 nitrogen and oxygen atoms in total. The van der Waals surface area contributed by atoms with E-state index in [0.717, 1.165) is 57.7 Å². The highest BCUT2D eigenvalue weighted by Gasteiger charge is 2.51. The lowest BCUT2D eigenvalue weighted by molar-refractivity contribution is -0.113. The van der Waals surface area contributed by atoms with Crippen LogP contribution < -0.4 is 4.74 Å². The van der Waals surface area contributed by atoms with E-state index in [9.17, 15) is 4.79 Å². The van der Waals surface area contributed by atoms with Crippen molar-refractivity contribution in [3.63, 3.8) is 0 Å². The summed E-state index contributed by atoms with van der Waals surface area (Å²) in [5.41, 5.74) is 0.890. The van der Waals surface area contributed by atoms with Gasteiger partial charge in [-0.15, -0.1) is 11.3 Å². The van der Waals surface area contributed by atoms with E-state index in [4.69, 9.17) is 9.47 Å². The molecule has 5 rings (SSSR count). The number of carbonyl (C=O) groups is 1. The molecule has 2 aliphatic rings. The predicted molar refractivity (Wildman–Crippen MR) is 161 cm³/mol. The molecule has 0 saturated carbocycles. The van der Waals surface area contributed by atoms with Crippen molar-refractivity contribution in [2.75, 3.05) is 32.8 Å². The molecule has 1 aromatic carbocycles. The molecule has 40 heavy (non-hydrogen) atoms. The standard InChI is InChI=1S/C33H43N3O3S/c1-4-5-13-29(30-14-9-22-40-30)39-27-11-8-10-26(23-27)24-35-17-19-36(20-18-35)33(15-21-38-32(2,3)25-33)31(37)28-12-6-7-16-34-28/h6-12,14,16,22-23,29H,4-5,13,15,17-21,24-25H2,1-3H3/t29-,33+/m0/s1. The Labute approximate surface area is 243 Å². The molecule has 2 saturated heterocycles. The van der Waals surface area contributed by atoms with Gasteiger partial charge >= 0.3 is 0 Å². The number of rotatable bonds is 11. The van der Waals surface area contributed by atoms with Crippen LogP contribution in [0, 0.1) is 0 Å². The zero-order chi connectivity index (χ0) is 28.0. The van der Waals surface area contributed by atoms with E-state index in [1.807, 2.05) is 18.2 Å². The Hall–Kier alpha value is -2.58. The number of nitrogens with zero attached hydrogens (tertiary/aromatic N) is 3. The number of thiophene rings is 1. The van der Waals surface area contributed by atoms with Crippen LogP contribution in [0.5, 0.6) is 5.75 Å². The molecular weight excluding hydrogens is 518 g/mol. The van der Waals surface area contributed by atoms with Gasteiger partial charge in [0.05, 0.1) is 11.1 Å². The van der Waals surface area contributed by atoms with E-state index in [0.29, 0.717) is 25.1 Å². The zero-order valence-corrected chi connectivity index (χ0v) is 25.0. The van der Waals surface area contributed by atoms with Crippen LogP contribution in [0.4, 0.5) is 0 Å². The smallest absolute Gasteiger partial charge is 0.201 e. The second-order valence-electron chi connectivity index (χ2n) is 11.8. The van der Waals surface area contributed by atoms with Gasteiger partial charge in [0.1, 0.15) is 17.5 Å². The van der Waals surface area contributed by atoms with Gasteiger partial charge < -0.3 is 9.47 Å². The number of Topliss-reactive ketones (excluding diaryl/α,β-unsaturated/α-hetero) is 1. The zero-order valence-electron chi connectivity index (χ0n) is 24.2. The van der Waals surface area contributed by atoms with Gasteiger partial charge in [-0.25, -0.2) is 0 Å². The van der Waals surface area contributed by atoms with Crippen LogP contribution in [0.2, 0.25) is 0 Å². The molecule has 214 valence electrons. The van der Waals surface area contributed by atoms with Gasteiger partial charge in [-0.2, -0.15) is 0 Å². The Bertz CT molecular complexity index is 1220. The molecule has 2 aliphatic heterocycles. The molecule has 0 unspecified atom stereocenters. The van der Waals surface area contributed by atoms with Gasteiger partial charge in [0.15, 0.2) is 0 Å². The van der Waals surface area contributed by atoms with Gasteiger partial charge in [-0.3, -0.25) is 19.6 Å². The highest BCUT2D eigenvalue weighted by atomic mass is 32.1. The fourth-order valence-corrected chi connectivity index (χ4v) is 7.07. The number of hydrogen-bond donors (Lipinski definition) is 0. The van der Waals surface area contributed by atoms with E-state index < -0.39 is 5.54 Å². The molecule has 2 atom stereocenters. The van der Waals surface area contributed by atoms with Crippen molar-refractivity contribution in [1.82, 2.24) is 14.8 Å². The minimum atomic E-state index is -0.578. The second-order valence-corrected chi connectivity index (χ2v) is 12.8. The molecule has 0 radical (unpaired) electrons. The summed E-state index contributed by atoms with van der Waals surface area (Å²) < 4.78 is 12.6. The molecule has 2 fully saturated rings. The van der Waals surface area contributed by atoms with Gasteiger partial charge in [-0.1, -0.05) is 37.6 Å². The Morgan fingerprint density at radius 3 is 2.65 bits per heavy atom. The Morgan fingerprint density at radius 2 is 1.95 bits per heavy atom. The number of piperazine rings is 1. The molecule has 7 heteroatoms. The van der Waals surface area contributed by atoms with E-state index in [1.165, 1.54) is 10.4 Å². The summed E-state index contributed by atoms with van der Waals surface area (Å²) in [4.78, 5) is 24.6. The second kappa shape index (κ2) is 12.9. The van der Waals surface area contributed by atoms with E-state index >= 15 is 0 Å². The lowest BCUT2D eigenvalue weighted by atomic mass is 9.75. The van der Waals surface area contributed by atoms with Crippen LogP contribution >= 0.6 is 11.3 Å². The number of aromatic nitrogens is 1. The third kappa shape index (κ3) is 6.82. The maximum atomic E-state index is 14.0. The Balaban J connectivity index is 1.24.